The van der Waals surface area contributed by atoms with Gasteiger partial charge in [-0.15, -0.1) is 0 Å². The van der Waals surface area contributed by atoms with Crippen molar-refractivity contribution in [1.29, 1.82) is 0 Å². The van der Waals surface area contributed by atoms with Crippen molar-refractivity contribution in [3.63, 3.8) is 0 Å². The highest BCUT2D eigenvalue weighted by atomic mass is 16.5. The molecule has 1 aromatic rings. The maximum atomic E-state index is 9.86. The number of likely N-dealkylation sites (tertiary alicyclic amines) is 1. The Morgan fingerprint density at radius 2 is 2.11 bits per heavy atom. The number of fused-ring (bicyclic) bond motifs is 1. The predicted octanol–water partition coefficient (Wildman–Crippen LogP) is 2.53. The van der Waals surface area contributed by atoms with E-state index in [1.165, 1.54) is 31.5 Å². The fraction of sp³-hybridized carbons (Fsp3) is 0.625. The van der Waals surface area contributed by atoms with Gasteiger partial charge in [-0.2, -0.15) is 0 Å². The minimum Gasteiger partial charge on any atom is -0.493 e. The monoisotopic (exact) mass is 261 g/mol. The van der Waals surface area contributed by atoms with Gasteiger partial charge in [0, 0.05) is 12.1 Å². The van der Waals surface area contributed by atoms with Gasteiger partial charge in [-0.25, -0.2) is 0 Å². The number of ether oxygens (including phenoxy) is 1. The van der Waals surface area contributed by atoms with Gasteiger partial charge in [-0.3, -0.25) is 0 Å². The Morgan fingerprint density at radius 3 is 2.95 bits per heavy atom. The van der Waals surface area contributed by atoms with E-state index in [1.807, 2.05) is 18.2 Å². The molecule has 0 saturated carbocycles. The molecule has 0 amide bonds. The number of benzene rings is 1. The fourth-order valence-electron chi connectivity index (χ4n) is 3.21. The summed E-state index contributed by atoms with van der Waals surface area (Å²) in [4.78, 5) is 2.52. The smallest absolute Gasteiger partial charge is 0.122 e. The van der Waals surface area contributed by atoms with Gasteiger partial charge >= 0.3 is 0 Å². The number of hydrogen-bond acceptors (Lipinski definition) is 3. The third-order valence-electron chi connectivity index (χ3n) is 4.27. The zero-order valence-corrected chi connectivity index (χ0v) is 11.5. The SMILES string of the molecule is OC1CCc2c(OCCCN3CCCC3)cccc21. The Balaban J connectivity index is 1.50. The van der Waals surface area contributed by atoms with Crippen LogP contribution in [0.15, 0.2) is 18.2 Å². The topological polar surface area (TPSA) is 32.7 Å². The van der Waals surface area contributed by atoms with Gasteiger partial charge in [-0.05, 0) is 56.8 Å². The molecule has 0 radical (unpaired) electrons. The first-order valence-corrected chi connectivity index (χ1v) is 7.49. The van der Waals surface area contributed by atoms with E-state index in [0.29, 0.717) is 0 Å². The molecule has 1 aliphatic heterocycles. The molecular formula is C16H23NO2. The number of hydrogen-bond donors (Lipinski definition) is 1. The summed E-state index contributed by atoms with van der Waals surface area (Å²) in [6, 6.07) is 6.04. The second kappa shape index (κ2) is 5.93. The van der Waals surface area contributed by atoms with Crippen LogP contribution in [0.25, 0.3) is 0 Å². The predicted molar refractivity (Wildman–Crippen MR) is 75.5 cm³/mol. The van der Waals surface area contributed by atoms with Crippen LogP contribution in [0.5, 0.6) is 5.75 Å². The second-order valence-corrected chi connectivity index (χ2v) is 5.63. The van der Waals surface area contributed by atoms with Crippen molar-refractivity contribution < 1.29 is 9.84 Å². The van der Waals surface area contributed by atoms with Crippen LogP contribution < -0.4 is 4.74 Å². The van der Waals surface area contributed by atoms with Gasteiger partial charge in [0.05, 0.1) is 12.7 Å². The summed E-state index contributed by atoms with van der Waals surface area (Å²) in [5.41, 5.74) is 2.29. The molecule has 1 saturated heterocycles. The third kappa shape index (κ3) is 2.93. The Kier molecular flexibility index (Phi) is 4.04. The fourth-order valence-corrected chi connectivity index (χ4v) is 3.21. The molecule has 1 unspecified atom stereocenters. The number of rotatable bonds is 5. The normalized spacial score (nSPS) is 22.7. The molecule has 3 nitrogen and oxygen atoms in total. The Labute approximate surface area is 115 Å². The maximum absolute atomic E-state index is 9.86. The van der Waals surface area contributed by atoms with Crippen molar-refractivity contribution in [2.45, 2.75) is 38.2 Å². The van der Waals surface area contributed by atoms with Crippen LogP contribution in [0.4, 0.5) is 0 Å². The molecule has 2 aliphatic rings. The highest BCUT2D eigenvalue weighted by molar-refractivity contribution is 5.44. The average Bonchev–Trinajstić information content (AvgIpc) is 3.06. The van der Waals surface area contributed by atoms with E-state index in [2.05, 4.69) is 4.90 Å². The maximum Gasteiger partial charge on any atom is 0.122 e. The van der Waals surface area contributed by atoms with Crippen LogP contribution in [0, 0.1) is 0 Å². The van der Waals surface area contributed by atoms with Gasteiger partial charge in [0.1, 0.15) is 5.75 Å². The van der Waals surface area contributed by atoms with E-state index in [-0.39, 0.29) is 6.10 Å². The van der Waals surface area contributed by atoms with E-state index in [9.17, 15) is 5.11 Å². The molecule has 104 valence electrons. The molecular weight excluding hydrogens is 238 g/mol. The zero-order chi connectivity index (χ0) is 13.1. The molecule has 19 heavy (non-hydrogen) atoms. The molecule has 1 aromatic carbocycles. The highest BCUT2D eigenvalue weighted by Crippen LogP contribution is 2.36. The summed E-state index contributed by atoms with van der Waals surface area (Å²) >= 11 is 0. The van der Waals surface area contributed by atoms with Gasteiger partial charge in [-0.1, -0.05) is 12.1 Å². The number of nitrogens with zero attached hydrogens (tertiary/aromatic N) is 1. The molecule has 0 aromatic heterocycles. The van der Waals surface area contributed by atoms with Crippen LogP contribution in [-0.2, 0) is 6.42 Å². The molecule has 1 heterocycles. The van der Waals surface area contributed by atoms with Gasteiger partial charge < -0.3 is 14.7 Å². The average molecular weight is 261 g/mol. The van der Waals surface area contributed by atoms with Crippen molar-refractivity contribution in [1.82, 2.24) is 4.90 Å². The molecule has 1 fully saturated rings. The van der Waals surface area contributed by atoms with Crippen molar-refractivity contribution in [3.05, 3.63) is 29.3 Å². The van der Waals surface area contributed by atoms with Crippen molar-refractivity contribution in [2.75, 3.05) is 26.2 Å². The van der Waals surface area contributed by atoms with Gasteiger partial charge in [0.15, 0.2) is 0 Å². The van der Waals surface area contributed by atoms with Crippen molar-refractivity contribution in [2.24, 2.45) is 0 Å². The Hall–Kier alpha value is -1.06. The molecule has 1 N–H and O–H groups in total. The lowest BCUT2D eigenvalue weighted by atomic mass is 10.1. The summed E-state index contributed by atoms with van der Waals surface area (Å²) in [5, 5.41) is 9.86. The summed E-state index contributed by atoms with van der Waals surface area (Å²) in [5.74, 6) is 0.982. The van der Waals surface area contributed by atoms with E-state index >= 15 is 0 Å². The minimum absolute atomic E-state index is 0.289. The largest absolute Gasteiger partial charge is 0.493 e. The lowest BCUT2D eigenvalue weighted by Crippen LogP contribution is -2.22. The first-order chi connectivity index (χ1) is 9.34. The van der Waals surface area contributed by atoms with Crippen LogP contribution in [0.2, 0.25) is 0 Å². The zero-order valence-electron chi connectivity index (χ0n) is 11.5. The van der Waals surface area contributed by atoms with Gasteiger partial charge in [0.25, 0.3) is 0 Å². The molecule has 0 bridgehead atoms. The minimum atomic E-state index is -0.289. The first-order valence-electron chi connectivity index (χ1n) is 7.49. The number of aliphatic hydroxyl groups is 1. The molecule has 3 rings (SSSR count). The van der Waals surface area contributed by atoms with E-state index in [0.717, 1.165) is 43.7 Å². The summed E-state index contributed by atoms with van der Waals surface area (Å²) in [6.07, 6.45) is 5.29. The van der Waals surface area contributed by atoms with E-state index in [4.69, 9.17) is 4.74 Å². The highest BCUT2D eigenvalue weighted by Gasteiger charge is 2.23. The Morgan fingerprint density at radius 1 is 1.26 bits per heavy atom. The lowest BCUT2D eigenvalue weighted by molar-refractivity contribution is 0.180. The molecule has 1 atom stereocenters. The molecule has 1 aliphatic carbocycles. The second-order valence-electron chi connectivity index (χ2n) is 5.63. The van der Waals surface area contributed by atoms with Crippen molar-refractivity contribution >= 4 is 0 Å². The van der Waals surface area contributed by atoms with Crippen LogP contribution >= 0.6 is 0 Å². The third-order valence-corrected chi connectivity index (χ3v) is 4.27. The molecule has 0 spiro atoms. The summed E-state index contributed by atoms with van der Waals surface area (Å²) < 4.78 is 5.92. The summed E-state index contributed by atoms with van der Waals surface area (Å²) in [7, 11) is 0. The Bertz CT molecular complexity index is 427. The van der Waals surface area contributed by atoms with E-state index < -0.39 is 0 Å². The first kappa shape index (κ1) is 12.9. The van der Waals surface area contributed by atoms with Crippen LogP contribution in [0.3, 0.4) is 0 Å². The molecule has 3 heteroatoms. The number of aliphatic hydroxyl groups excluding tert-OH is 1. The van der Waals surface area contributed by atoms with Crippen molar-refractivity contribution in [3.8, 4) is 5.75 Å². The van der Waals surface area contributed by atoms with Crippen LogP contribution in [-0.4, -0.2) is 36.2 Å². The summed E-state index contributed by atoms with van der Waals surface area (Å²) in [6.45, 7) is 4.44. The standard InChI is InChI=1S/C16H23NO2/c18-15-8-7-14-13(15)5-3-6-16(14)19-12-4-11-17-9-1-2-10-17/h3,5-6,15,18H,1-2,4,7-12H2. The quantitative estimate of drug-likeness (QED) is 0.827. The van der Waals surface area contributed by atoms with E-state index in [1.54, 1.807) is 0 Å². The van der Waals surface area contributed by atoms with Gasteiger partial charge in [0.2, 0.25) is 0 Å². The lowest BCUT2D eigenvalue weighted by Gasteiger charge is -2.15. The van der Waals surface area contributed by atoms with Crippen LogP contribution in [0.1, 0.15) is 42.9 Å².